The average molecular weight is 452 g/mol. The van der Waals surface area contributed by atoms with Crippen molar-refractivity contribution < 1.29 is 13.9 Å². The molecule has 0 saturated heterocycles. The first-order valence-electron chi connectivity index (χ1n) is 10.3. The van der Waals surface area contributed by atoms with Crippen molar-refractivity contribution in [2.24, 2.45) is 0 Å². The minimum atomic E-state index is -0.520. The van der Waals surface area contributed by atoms with Gasteiger partial charge < -0.3 is 14.5 Å². The summed E-state index contributed by atoms with van der Waals surface area (Å²) in [5.41, 5.74) is 2.12. The Hall–Kier alpha value is -3.41. The van der Waals surface area contributed by atoms with E-state index in [2.05, 4.69) is 5.32 Å². The third-order valence-electron chi connectivity index (χ3n) is 4.74. The molecule has 0 aliphatic carbocycles. The number of nitriles is 1. The Balaban J connectivity index is 2.17. The molecule has 0 radical (unpaired) electrons. The highest BCUT2D eigenvalue weighted by atomic mass is 32.1. The number of ether oxygens (including phenoxy) is 1. The molecule has 0 fully saturated rings. The number of amides is 1. The van der Waals surface area contributed by atoms with Crippen molar-refractivity contribution >= 4 is 28.9 Å². The summed E-state index contributed by atoms with van der Waals surface area (Å²) >= 11 is 1.09. The van der Waals surface area contributed by atoms with E-state index in [4.69, 9.17) is 9.15 Å². The quantitative estimate of drug-likeness (QED) is 0.530. The molecule has 1 N–H and O–H groups in total. The number of carbonyl (C=O) groups is 1. The van der Waals surface area contributed by atoms with Gasteiger partial charge >= 0.3 is 0 Å². The molecule has 0 saturated carbocycles. The molecule has 166 valence electrons. The molecule has 0 unspecified atom stereocenters. The maximum Gasteiger partial charge on any atom is 0.273 e. The van der Waals surface area contributed by atoms with Crippen LogP contribution in [0.4, 0.5) is 0 Å². The summed E-state index contributed by atoms with van der Waals surface area (Å²) in [6, 6.07) is 11.1. The minimum Gasteiger partial charge on any atom is -0.465 e. The molecule has 0 bridgehead atoms. The SMILES string of the molecule is CCOCCCNC(=O)/C(C#N)=c1/s/c(=C/c2ccco2)c(=O)n1-c1ccc(C)cc1C. The number of aryl methyl sites for hydroxylation is 2. The topological polar surface area (TPSA) is 97.3 Å². The lowest BCUT2D eigenvalue weighted by Gasteiger charge is -2.09. The molecule has 2 aromatic heterocycles. The van der Waals surface area contributed by atoms with Gasteiger partial charge in [0.2, 0.25) is 0 Å². The van der Waals surface area contributed by atoms with Gasteiger partial charge in [0.25, 0.3) is 11.5 Å². The first-order chi connectivity index (χ1) is 15.5. The number of rotatable bonds is 8. The Kier molecular flexibility index (Phi) is 7.82. The second-order valence-electron chi connectivity index (χ2n) is 7.15. The largest absolute Gasteiger partial charge is 0.465 e. The fourth-order valence-corrected chi connectivity index (χ4v) is 4.31. The summed E-state index contributed by atoms with van der Waals surface area (Å²) in [7, 11) is 0. The number of hydrogen-bond donors (Lipinski definition) is 1. The summed E-state index contributed by atoms with van der Waals surface area (Å²) in [6.07, 6.45) is 3.77. The zero-order valence-electron chi connectivity index (χ0n) is 18.3. The smallest absolute Gasteiger partial charge is 0.273 e. The molecule has 3 rings (SSSR count). The van der Waals surface area contributed by atoms with Crippen molar-refractivity contribution in [2.45, 2.75) is 27.2 Å². The monoisotopic (exact) mass is 451 g/mol. The molecule has 32 heavy (non-hydrogen) atoms. The highest BCUT2D eigenvalue weighted by Gasteiger charge is 2.18. The van der Waals surface area contributed by atoms with Gasteiger partial charge in [0.05, 0.1) is 16.5 Å². The van der Waals surface area contributed by atoms with Crippen LogP contribution in [-0.2, 0) is 9.53 Å². The van der Waals surface area contributed by atoms with E-state index in [-0.39, 0.29) is 15.8 Å². The number of thiazole rings is 1. The van der Waals surface area contributed by atoms with E-state index in [9.17, 15) is 14.9 Å². The normalized spacial score (nSPS) is 12.5. The molecular formula is C24H25N3O4S. The Bertz CT molecular complexity index is 1310. The molecule has 1 aromatic carbocycles. The number of benzene rings is 1. The lowest BCUT2D eigenvalue weighted by Crippen LogP contribution is -2.34. The Morgan fingerprint density at radius 2 is 2.16 bits per heavy atom. The number of carbonyl (C=O) groups excluding carboxylic acids is 1. The second-order valence-corrected chi connectivity index (χ2v) is 8.19. The highest BCUT2D eigenvalue weighted by molar-refractivity contribution is 7.07. The van der Waals surface area contributed by atoms with E-state index in [0.29, 0.717) is 42.2 Å². The van der Waals surface area contributed by atoms with E-state index in [0.717, 1.165) is 22.5 Å². The number of nitrogens with zero attached hydrogens (tertiary/aromatic N) is 2. The Morgan fingerprint density at radius 1 is 1.34 bits per heavy atom. The third-order valence-corrected chi connectivity index (χ3v) is 5.83. The highest BCUT2D eigenvalue weighted by Crippen LogP contribution is 2.13. The molecule has 0 aliphatic rings. The van der Waals surface area contributed by atoms with Crippen LogP contribution in [0.25, 0.3) is 17.3 Å². The van der Waals surface area contributed by atoms with Crippen LogP contribution in [0.3, 0.4) is 0 Å². The third kappa shape index (κ3) is 5.25. The van der Waals surface area contributed by atoms with Gasteiger partial charge in [-0.1, -0.05) is 17.7 Å². The van der Waals surface area contributed by atoms with Gasteiger partial charge in [-0.05, 0) is 51.0 Å². The minimum absolute atomic E-state index is 0.109. The van der Waals surface area contributed by atoms with Crippen LogP contribution in [0.5, 0.6) is 0 Å². The van der Waals surface area contributed by atoms with E-state index in [1.165, 1.54) is 10.8 Å². The van der Waals surface area contributed by atoms with Crippen LogP contribution in [0, 0.1) is 25.2 Å². The first-order valence-corrected chi connectivity index (χ1v) is 11.1. The predicted octanol–water partition coefficient (Wildman–Crippen LogP) is 2.15. The van der Waals surface area contributed by atoms with Gasteiger partial charge in [0, 0.05) is 25.8 Å². The van der Waals surface area contributed by atoms with E-state index in [1.54, 1.807) is 18.2 Å². The molecular weight excluding hydrogens is 426 g/mol. The van der Waals surface area contributed by atoms with Crippen molar-refractivity contribution in [1.29, 1.82) is 5.26 Å². The second kappa shape index (κ2) is 10.8. The van der Waals surface area contributed by atoms with Crippen molar-refractivity contribution in [1.82, 2.24) is 9.88 Å². The van der Waals surface area contributed by atoms with E-state index in [1.807, 2.05) is 45.0 Å². The van der Waals surface area contributed by atoms with Crippen LogP contribution in [0.15, 0.2) is 45.8 Å². The Morgan fingerprint density at radius 3 is 2.81 bits per heavy atom. The maximum atomic E-state index is 13.4. The molecule has 0 atom stereocenters. The Labute approximate surface area is 189 Å². The summed E-state index contributed by atoms with van der Waals surface area (Å²) < 4.78 is 12.7. The summed E-state index contributed by atoms with van der Waals surface area (Å²) in [5, 5.41) is 12.6. The summed E-state index contributed by atoms with van der Waals surface area (Å²) in [6.45, 7) is 7.26. The zero-order valence-corrected chi connectivity index (χ0v) is 19.1. The first kappa shape index (κ1) is 23.3. The number of aromatic nitrogens is 1. The molecule has 7 nitrogen and oxygen atoms in total. The van der Waals surface area contributed by atoms with Gasteiger partial charge in [-0.2, -0.15) is 5.26 Å². The zero-order chi connectivity index (χ0) is 23.1. The standard InChI is InChI=1S/C24H25N3O4S/c1-4-30-11-6-10-26-22(28)19(15-25)24-27(20-9-8-16(2)13-17(20)3)23(29)21(32-24)14-18-7-5-12-31-18/h5,7-9,12-14H,4,6,10-11H2,1-3H3,(H,26,28)/b21-14+,24-19+. The van der Waals surface area contributed by atoms with Gasteiger partial charge in [-0.25, -0.2) is 0 Å². The molecule has 0 spiro atoms. The lowest BCUT2D eigenvalue weighted by molar-refractivity contribution is -0.115. The lowest BCUT2D eigenvalue weighted by atomic mass is 10.1. The van der Waals surface area contributed by atoms with Crippen LogP contribution in [-0.4, -0.2) is 30.2 Å². The molecule has 2 heterocycles. The molecule has 1 amide bonds. The van der Waals surface area contributed by atoms with Crippen LogP contribution in [0.2, 0.25) is 0 Å². The van der Waals surface area contributed by atoms with Crippen molar-refractivity contribution in [3.63, 3.8) is 0 Å². The van der Waals surface area contributed by atoms with Gasteiger partial charge in [-0.15, -0.1) is 11.3 Å². The number of furan rings is 1. The van der Waals surface area contributed by atoms with E-state index < -0.39 is 5.91 Å². The summed E-state index contributed by atoms with van der Waals surface area (Å²) in [5.74, 6) is -0.00475. The van der Waals surface area contributed by atoms with E-state index >= 15 is 0 Å². The van der Waals surface area contributed by atoms with Gasteiger partial charge in [0.1, 0.15) is 16.5 Å². The van der Waals surface area contributed by atoms with Gasteiger partial charge in [0.15, 0.2) is 5.57 Å². The molecule has 3 aromatic rings. The number of hydrogen-bond acceptors (Lipinski definition) is 6. The predicted molar refractivity (Wildman–Crippen MR) is 124 cm³/mol. The van der Waals surface area contributed by atoms with Crippen LogP contribution in [0.1, 0.15) is 30.2 Å². The fourth-order valence-electron chi connectivity index (χ4n) is 3.23. The average Bonchev–Trinajstić information content (AvgIpc) is 3.38. The molecule has 8 heteroatoms. The van der Waals surface area contributed by atoms with Crippen molar-refractivity contribution in [3.05, 3.63) is 73.0 Å². The molecule has 0 aliphatic heterocycles. The van der Waals surface area contributed by atoms with Crippen molar-refractivity contribution in [3.8, 4) is 11.8 Å². The fraction of sp³-hybridized carbons (Fsp3) is 0.292. The maximum absolute atomic E-state index is 13.4. The number of nitrogens with one attached hydrogen (secondary N) is 1. The summed E-state index contributed by atoms with van der Waals surface area (Å²) in [4.78, 5) is 26.2. The van der Waals surface area contributed by atoms with Crippen LogP contribution >= 0.6 is 11.3 Å². The van der Waals surface area contributed by atoms with Crippen molar-refractivity contribution in [2.75, 3.05) is 19.8 Å². The van der Waals surface area contributed by atoms with Crippen LogP contribution < -0.4 is 20.1 Å². The van der Waals surface area contributed by atoms with Gasteiger partial charge in [-0.3, -0.25) is 14.2 Å².